The molecule has 25 heavy (non-hydrogen) atoms. The summed E-state index contributed by atoms with van der Waals surface area (Å²) < 4.78 is 42.6. The second-order valence-electron chi connectivity index (χ2n) is 5.61. The Morgan fingerprint density at radius 1 is 1.20 bits per heavy atom. The predicted molar refractivity (Wildman–Crippen MR) is 90.1 cm³/mol. The molecule has 0 aliphatic carbocycles. The average Bonchev–Trinajstić information content (AvgIpc) is 2.51. The standard InChI is InChI=1S/C17H24F3N3O2/c1-4-21-16(22-10-9-15(24)25-12(2)3)23-11-13-5-7-14(8-6-13)17(18,19)20/h5-8,12H,4,9-11H2,1-3H3,(H2,21,22,23). The van der Waals surface area contributed by atoms with Gasteiger partial charge in [-0.25, -0.2) is 4.99 Å². The molecule has 140 valence electrons. The maximum absolute atomic E-state index is 12.5. The first-order valence-corrected chi connectivity index (χ1v) is 8.10. The summed E-state index contributed by atoms with van der Waals surface area (Å²) in [7, 11) is 0. The van der Waals surface area contributed by atoms with Crippen LogP contribution >= 0.6 is 0 Å². The molecule has 0 saturated heterocycles. The molecule has 2 N–H and O–H groups in total. The van der Waals surface area contributed by atoms with Gasteiger partial charge in [0.2, 0.25) is 0 Å². The molecular weight excluding hydrogens is 335 g/mol. The lowest BCUT2D eigenvalue weighted by molar-refractivity contribution is -0.147. The number of alkyl halides is 3. The van der Waals surface area contributed by atoms with E-state index in [2.05, 4.69) is 15.6 Å². The van der Waals surface area contributed by atoms with Crippen LogP contribution < -0.4 is 10.6 Å². The van der Waals surface area contributed by atoms with Crippen molar-refractivity contribution in [2.45, 2.75) is 46.0 Å². The van der Waals surface area contributed by atoms with Crippen molar-refractivity contribution in [2.75, 3.05) is 13.1 Å². The molecule has 0 bridgehead atoms. The Kier molecular flexibility index (Phi) is 8.24. The van der Waals surface area contributed by atoms with E-state index in [1.807, 2.05) is 6.92 Å². The van der Waals surface area contributed by atoms with Gasteiger partial charge in [-0.1, -0.05) is 12.1 Å². The molecule has 0 aliphatic rings. The summed E-state index contributed by atoms with van der Waals surface area (Å²) in [5, 5.41) is 6.00. The van der Waals surface area contributed by atoms with Gasteiger partial charge in [0.1, 0.15) is 0 Å². The van der Waals surface area contributed by atoms with Crippen molar-refractivity contribution in [3.05, 3.63) is 35.4 Å². The summed E-state index contributed by atoms with van der Waals surface area (Å²) in [6.07, 6.45) is -4.31. The second kappa shape index (κ2) is 9.90. The zero-order valence-electron chi connectivity index (χ0n) is 14.6. The Morgan fingerprint density at radius 2 is 1.84 bits per heavy atom. The van der Waals surface area contributed by atoms with Crippen LogP contribution in [0.3, 0.4) is 0 Å². The van der Waals surface area contributed by atoms with Gasteiger partial charge < -0.3 is 15.4 Å². The van der Waals surface area contributed by atoms with Crippen molar-refractivity contribution in [2.24, 2.45) is 4.99 Å². The van der Waals surface area contributed by atoms with Crippen LogP contribution in [0.5, 0.6) is 0 Å². The number of ether oxygens (including phenoxy) is 1. The largest absolute Gasteiger partial charge is 0.463 e. The number of guanidine groups is 1. The lowest BCUT2D eigenvalue weighted by atomic mass is 10.1. The van der Waals surface area contributed by atoms with Crippen LogP contribution in [0.2, 0.25) is 0 Å². The summed E-state index contributed by atoms with van der Waals surface area (Å²) in [5.74, 6) is 0.181. The van der Waals surface area contributed by atoms with E-state index in [4.69, 9.17) is 4.74 Å². The van der Waals surface area contributed by atoms with E-state index in [0.29, 0.717) is 24.6 Å². The first-order valence-electron chi connectivity index (χ1n) is 8.10. The van der Waals surface area contributed by atoms with Crippen molar-refractivity contribution in [1.29, 1.82) is 0 Å². The lowest BCUT2D eigenvalue weighted by Gasteiger charge is -2.12. The zero-order valence-corrected chi connectivity index (χ0v) is 14.6. The van der Waals surface area contributed by atoms with Crippen LogP contribution in [-0.2, 0) is 22.3 Å². The summed E-state index contributed by atoms with van der Waals surface area (Å²) in [6, 6.07) is 4.87. The highest BCUT2D eigenvalue weighted by molar-refractivity contribution is 5.80. The van der Waals surface area contributed by atoms with Crippen LogP contribution in [0.1, 0.15) is 38.3 Å². The fourth-order valence-corrected chi connectivity index (χ4v) is 1.92. The van der Waals surface area contributed by atoms with Crippen molar-refractivity contribution in [3.63, 3.8) is 0 Å². The molecule has 0 aromatic heterocycles. The molecule has 0 unspecified atom stereocenters. The number of esters is 1. The van der Waals surface area contributed by atoms with Gasteiger partial charge in [0.05, 0.1) is 24.6 Å². The van der Waals surface area contributed by atoms with Crippen molar-refractivity contribution in [3.8, 4) is 0 Å². The quantitative estimate of drug-likeness (QED) is 0.446. The van der Waals surface area contributed by atoms with E-state index in [-0.39, 0.29) is 25.0 Å². The average molecular weight is 359 g/mol. The second-order valence-corrected chi connectivity index (χ2v) is 5.61. The molecule has 8 heteroatoms. The fraction of sp³-hybridized carbons (Fsp3) is 0.529. The lowest BCUT2D eigenvalue weighted by Crippen LogP contribution is -2.38. The topological polar surface area (TPSA) is 62.7 Å². The Bertz CT molecular complexity index is 569. The molecule has 0 spiro atoms. The molecular formula is C17H24F3N3O2. The van der Waals surface area contributed by atoms with Crippen LogP contribution in [0.25, 0.3) is 0 Å². The number of hydrogen-bond acceptors (Lipinski definition) is 3. The first-order chi connectivity index (χ1) is 11.7. The highest BCUT2D eigenvalue weighted by Gasteiger charge is 2.29. The van der Waals surface area contributed by atoms with Gasteiger partial charge in [-0.05, 0) is 38.5 Å². The molecule has 0 heterocycles. The van der Waals surface area contributed by atoms with Crippen molar-refractivity contribution >= 4 is 11.9 Å². The smallest absolute Gasteiger partial charge is 0.416 e. The summed E-state index contributed by atoms with van der Waals surface area (Å²) >= 11 is 0. The highest BCUT2D eigenvalue weighted by atomic mass is 19.4. The number of nitrogens with zero attached hydrogens (tertiary/aromatic N) is 1. The van der Waals surface area contributed by atoms with E-state index in [1.54, 1.807) is 13.8 Å². The van der Waals surface area contributed by atoms with Gasteiger partial charge in [0.25, 0.3) is 0 Å². The molecule has 0 amide bonds. The van der Waals surface area contributed by atoms with Gasteiger partial charge in [0, 0.05) is 13.1 Å². The predicted octanol–water partition coefficient (Wildman–Crippen LogP) is 3.10. The Balaban J connectivity index is 2.56. The van der Waals surface area contributed by atoms with E-state index < -0.39 is 11.7 Å². The minimum atomic E-state index is -4.34. The monoisotopic (exact) mass is 359 g/mol. The Hall–Kier alpha value is -2.25. The van der Waals surface area contributed by atoms with Gasteiger partial charge in [-0.3, -0.25) is 4.79 Å². The van der Waals surface area contributed by atoms with Gasteiger partial charge in [-0.15, -0.1) is 0 Å². The number of hydrogen-bond donors (Lipinski definition) is 2. The SMILES string of the molecule is CCNC(=NCc1ccc(C(F)(F)F)cc1)NCCC(=O)OC(C)C. The molecule has 1 aromatic carbocycles. The number of rotatable bonds is 7. The molecule has 0 atom stereocenters. The molecule has 5 nitrogen and oxygen atoms in total. The van der Waals surface area contributed by atoms with Crippen molar-refractivity contribution in [1.82, 2.24) is 10.6 Å². The number of halogens is 3. The number of carbonyl (C=O) groups excluding carboxylic acids is 1. The number of carbonyl (C=O) groups is 1. The number of benzene rings is 1. The Morgan fingerprint density at radius 3 is 2.36 bits per heavy atom. The van der Waals surface area contributed by atoms with E-state index in [0.717, 1.165) is 12.1 Å². The normalized spacial score (nSPS) is 12.2. The summed E-state index contributed by atoms with van der Waals surface area (Å²) in [6.45, 7) is 6.65. The van der Waals surface area contributed by atoms with E-state index in [9.17, 15) is 18.0 Å². The van der Waals surface area contributed by atoms with Gasteiger partial charge in [-0.2, -0.15) is 13.2 Å². The van der Waals surface area contributed by atoms with Gasteiger partial charge >= 0.3 is 12.1 Å². The molecule has 1 aromatic rings. The third kappa shape index (κ3) is 8.42. The van der Waals surface area contributed by atoms with E-state index in [1.165, 1.54) is 12.1 Å². The summed E-state index contributed by atoms with van der Waals surface area (Å²) in [5.41, 5.74) is -0.0293. The first kappa shape index (κ1) is 20.8. The Labute approximate surface area is 145 Å². The molecule has 0 aliphatic heterocycles. The summed E-state index contributed by atoms with van der Waals surface area (Å²) in [4.78, 5) is 15.8. The molecule has 1 rings (SSSR count). The maximum Gasteiger partial charge on any atom is 0.416 e. The minimum absolute atomic E-state index is 0.158. The minimum Gasteiger partial charge on any atom is -0.463 e. The zero-order chi connectivity index (χ0) is 18.9. The van der Waals surface area contributed by atoms with Crippen LogP contribution in [0, 0.1) is 0 Å². The van der Waals surface area contributed by atoms with Gasteiger partial charge in [0.15, 0.2) is 5.96 Å². The van der Waals surface area contributed by atoms with Crippen LogP contribution in [0.4, 0.5) is 13.2 Å². The van der Waals surface area contributed by atoms with Crippen LogP contribution in [0.15, 0.2) is 29.3 Å². The number of aliphatic imine (C=N–C) groups is 1. The third-order valence-electron chi connectivity index (χ3n) is 3.03. The fourth-order valence-electron chi connectivity index (χ4n) is 1.92. The molecule has 0 fully saturated rings. The van der Waals surface area contributed by atoms with Crippen molar-refractivity contribution < 1.29 is 22.7 Å². The van der Waals surface area contributed by atoms with Crippen LogP contribution in [-0.4, -0.2) is 31.1 Å². The van der Waals surface area contributed by atoms with E-state index >= 15 is 0 Å². The molecule has 0 saturated carbocycles. The highest BCUT2D eigenvalue weighted by Crippen LogP contribution is 2.29. The molecule has 0 radical (unpaired) electrons. The third-order valence-corrected chi connectivity index (χ3v) is 3.03. The maximum atomic E-state index is 12.5. The number of nitrogens with one attached hydrogen (secondary N) is 2.